The van der Waals surface area contributed by atoms with Crippen LogP contribution in [-0.4, -0.2) is 41.9 Å². The fourth-order valence-electron chi connectivity index (χ4n) is 2.77. The predicted octanol–water partition coefficient (Wildman–Crippen LogP) is 2.86. The van der Waals surface area contributed by atoms with Gasteiger partial charge in [0.05, 0.1) is 6.04 Å². The number of carbonyl (C=O) groups excluding carboxylic acids is 1. The molecule has 1 aromatic rings. The van der Waals surface area contributed by atoms with Crippen LogP contribution in [0.25, 0.3) is 0 Å². The van der Waals surface area contributed by atoms with Gasteiger partial charge in [-0.15, -0.1) is 6.58 Å². The summed E-state index contributed by atoms with van der Waals surface area (Å²) in [4.78, 5) is 16.3. The van der Waals surface area contributed by atoms with Gasteiger partial charge in [-0.2, -0.15) is 0 Å². The summed E-state index contributed by atoms with van der Waals surface area (Å²) in [7, 11) is 0. The van der Waals surface area contributed by atoms with Crippen LogP contribution in [0.3, 0.4) is 0 Å². The maximum Gasteiger partial charge on any atom is 0.222 e. The highest BCUT2D eigenvalue weighted by molar-refractivity contribution is 5.76. The van der Waals surface area contributed by atoms with Gasteiger partial charge in [-0.1, -0.05) is 43.3 Å². The molecule has 1 unspecified atom stereocenters. The average Bonchev–Trinajstić information content (AvgIpc) is 2.50. The summed E-state index contributed by atoms with van der Waals surface area (Å²) in [6, 6.07) is 10.7. The molecule has 108 valence electrons. The van der Waals surface area contributed by atoms with E-state index in [2.05, 4.69) is 42.7 Å². The van der Waals surface area contributed by atoms with Crippen LogP contribution in [0.15, 0.2) is 43.0 Å². The number of benzene rings is 1. The highest BCUT2D eigenvalue weighted by Gasteiger charge is 2.24. The molecule has 3 nitrogen and oxygen atoms in total. The van der Waals surface area contributed by atoms with Crippen molar-refractivity contribution in [2.45, 2.75) is 25.8 Å². The topological polar surface area (TPSA) is 23.6 Å². The highest BCUT2D eigenvalue weighted by atomic mass is 16.2. The molecule has 1 aliphatic heterocycles. The van der Waals surface area contributed by atoms with Crippen molar-refractivity contribution in [3.05, 3.63) is 48.6 Å². The fourth-order valence-corrected chi connectivity index (χ4v) is 2.77. The van der Waals surface area contributed by atoms with Crippen molar-refractivity contribution in [3.63, 3.8) is 0 Å². The van der Waals surface area contributed by atoms with Crippen molar-refractivity contribution < 1.29 is 4.79 Å². The Balaban J connectivity index is 1.95. The molecule has 0 aromatic heterocycles. The molecule has 1 heterocycles. The molecule has 1 atom stereocenters. The Morgan fingerprint density at radius 3 is 2.45 bits per heavy atom. The number of carbonyl (C=O) groups is 1. The van der Waals surface area contributed by atoms with Crippen molar-refractivity contribution >= 4 is 5.91 Å². The Kier molecular flexibility index (Phi) is 5.36. The lowest BCUT2D eigenvalue weighted by Crippen LogP contribution is -2.49. The Morgan fingerprint density at radius 1 is 1.25 bits per heavy atom. The maximum atomic E-state index is 11.9. The minimum Gasteiger partial charge on any atom is -0.340 e. The van der Waals surface area contributed by atoms with Gasteiger partial charge in [0.25, 0.3) is 0 Å². The van der Waals surface area contributed by atoms with E-state index in [0.717, 1.165) is 32.6 Å². The Morgan fingerprint density at radius 2 is 1.90 bits per heavy atom. The van der Waals surface area contributed by atoms with Gasteiger partial charge in [0, 0.05) is 32.6 Å². The molecule has 0 N–H and O–H groups in total. The van der Waals surface area contributed by atoms with Crippen LogP contribution in [0.5, 0.6) is 0 Å². The minimum atomic E-state index is 0.250. The fraction of sp³-hybridized carbons (Fsp3) is 0.471. The Bertz CT molecular complexity index is 436. The molecule has 0 radical (unpaired) electrons. The number of nitrogens with zero attached hydrogens (tertiary/aromatic N) is 2. The van der Waals surface area contributed by atoms with Gasteiger partial charge in [0.15, 0.2) is 0 Å². The Hall–Kier alpha value is -1.61. The second-order valence-electron chi connectivity index (χ2n) is 5.26. The maximum absolute atomic E-state index is 11.9. The standard InChI is InChI=1S/C17H24N2O/c1-3-8-17(20)19-13-11-18(12-14-19)16(4-2)15-9-6-5-7-10-15/h4-7,9-10,16H,2-3,8,11-14H2,1H3. The molecular formula is C17H24N2O. The van der Waals surface area contributed by atoms with Crippen LogP contribution in [0.2, 0.25) is 0 Å². The van der Waals surface area contributed by atoms with E-state index in [9.17, 15) is 4.79 Å². The molecule has 1 saturated heterocycles. The van der Waals surface area contributed by atoms with Gasteiger partial charge in [-0.25, -0.2) is 0 Å². The first-order valence-electron chi connectivity index (χ1n) is 7.45. The Labute approximate surface area is 121 Å². The van der Waals surface area contributed by atoms with Crippen molar-refractivity contribution in [1.29, 1.82) is 0 Å². The zero-order valence-corrected chi connectivity index (χ0v) is 12.3. The zero-order chi connectivity index (χ0) is 14.4. The van der Waals surface area contributed by atoms with Gasteiger partial charge in [0.2, 0.25) is 5.91 Å². The highest BCUT2D eigenvalue weighted by Crippen LogP contribution is 2.23. The van der Waals surface area contributed by atoms with Crippen molar-refractivity contribution in [2.24, 2.45) is 0 Å². The van der Waals surface area contributed by atoms with Crippen LogP contribution >= 0.6 is 0 Å². The monoisotopic (exact) mass is 272 g/mol. The number of piperazine rings is 1. The van der Waals surface area contributed by atoms with Crippen molar-refractivity contribution in [2.75, 3.05) is 26.2 Å². The van der Waals surface area contributed by atoms with E-state index in [0.29, 0.717) is 12.3 Å². The normalized spacial score (nSPS) is 17.8. The number of rotatable bonds is 5. The molecule has 3 heteroatoms. The molecule has 0 saturated carbocycles. The third-order valence-electron chi connectivity index (χ3n) is 3.89. The second-order valence-corrected chi connectivity index (χ2v) is 5.26. The molecule has 2 rings (SSSR count). The van der Waals surface area contributed by atoms with Crippen LogP contribution in [-0.2, 0) is 4.79 Å². The molecule has 1 aromatic carbocycles. The van der Waals surface area contributed by atoms with E-state index in [1.807, 2.05) is 17.0 Å². The second kappa shape index (κ2) is 7.25. The molecule has 1 aliphatic rings. The summed E-state index contributed by atoms with van der Waals surface area (Å²) in [5.41, 5.74) is 1.27. The van der Waals surface area contributed by atoms with Gasteiger partial charge < -0.3 is 4.90 Å². The average molecular weight is 272 g/mol. The largest absolute Gasteiger partial charge is 0.340 e. The van der Waals surface area contributed by atoms with E-state index in [-0.39, 0.29) is 6.04 Å². The van der Waals surface area contributed by atoms with Crippen molar-refractivity contribution in [1.82, 2.24) is 9.80 Å². The zero-order valence-electron chi connectivity index (χ0n) is 12.3. The number of hydrogen-bond acceptors (Lipinski definition) is 2. The lowest BCUT2D eigenvalue weighted by molar-refractivity contribution is -0.133. The molecular weight excluding hydrogens is 248 g/mol. The smallest absolute Gasteiger partial charge is 0.222 e. The van der Waals surface area contributed by atoms with Crippen molar-refractivity contribution in [3.8, 4) is 0 Å². The lowest BCUT2D eigenvalue weighted by atomic mass is 10.0. The summed E-state index contributed by atoms with van der Waals surface area (Å²) in [6.07, 6.45) is 3.60. The summed E-state index contributed by atoms with van der Waals surface area (Å²) in [6.45, 7) is 9.52. The van der Waals surface area contributed by atoms with E-state index in [1.165, 1.54) is 5.56 Å². The van der Waals surface area contributed by atoms with Crippen LogP contribution in [0.4, 0.5) is 0 Å². The van der Waals surface area contributed by atoms with Gasteiger partial charge >= 0.3 is 0 Å². The summed E-state index contributed by atoms with van der Waals surface area (Å²) in [5, 5.41) is 0. The SMILES string of the molecule is C=CC(c1ccccc1)N1CCN(C(=O)CCC)CC1. The molecule has 0 bridgehead atoms. The number of hydrogen-bond donors (Lipinski definition) is 0. The quantitative estimate of drug-likeness (QED) is 0.770. The lowest BCUT2D eigenvalue weighted by Gasteiger charge is -2.38. The third-order valence-corrected chi connectivity index (χ3v) is 3.89. The van der Waals surface area contributed by atoms with E-state index >= 15 is 0 Å². The first-order valence-corrected chi connectivity index (χ1v) is 7.45. The molecule has 1 amide bonds. The van der Waals surface area contributed by atoms with Gasteiger partial charge in [-0.05, 0) is 12.0 Å². The summed E-state index contributed by atoms with van der Waals surface area (Å²) < 4.78 is 0. The molecule has 1 fully saturated rings. The predicted molar refractivity (Wildman–Crippen MR) is 82.4 cm³/mol. The summed E-state index contributed by atoms with van der Waals surface area (Å²) in [5.74, 6) is 0.294. The van der Waals surface area contributed by atoms with E-state index in [4.69, 9.17) is 0 Å². The van der Waals surface area contributed by atoms with E-state index < -0.39 is 0 Å². The van der Waals surface area contributed by atoms with E-state index in [1.54, 1.807) is 0 Å². The van der Waals surface area contributed by atoms with Crippen LogP contribution in [0.1, 0.15) is 31.4 Å². The minimum absolute atomic E-state index is 0.250. The molecule has 0 aliphatic carbocycles. The first kappa shape index (κ1) is 14.8. The van der Waals surface area contributed by atoms with Crippen LogP contribution < -0.4 is 0 Å². The molecule has 20 heavy (non-hydrogen) atoms. The van der Waals surface area contributed by atoms with Gasteiger partial charge in [-0.3, -0.25) is 9.69 Å². The summed E-state index contributed by atoms with van der Waals surface area (Å²) >= 11 is 0. The first-order chi connectivity index (χ1) is 9.76. The third kappa shape index (κ3) is 3.48. The molecule has 0 spiro atoms. The number of amides is 1. The van der Waals surface area contributed by atoms with Crippen LogP contribution in [0, 0.1) is 0 Å². The van der Waals surface area contributed by atoms with Gasteiger partial charge in [0.1, 0.15) is 0 Å².